The molecule has 0 bridgehead atoms. The Balaban J connectivity index is 3.98. The van der Waals surface area contributed by atoms with Gasteiger partial charge in [0.15, 0.2) is 0 Å². The lowest BCUT2D eigenvalue weighted by Gasteiger charge is -1.84. The van der Waals surface area contributed by atoms with Crippen molar-refractivity contribution in [1.29, 1.82) is 0 Å². The second kappa shape index (κ2) is 3.11. The third kappa shape index (κ3) is 2.72. The molecule has 2 heteroatoms. The summed E-state index contributed by atoms with van der Waals surface area (Å²) in [6.07, 6.45) is 1.50. The Labute approximate surface area is 53.4 Å². The SMILES string of the molecule is C=CC(Cl)=C(C)Cl. The van der Waals surface area contributed by atoms with Crippen LogP contribution in [0.1, 0.15) is 6.92 Å². The maximum atomic E-state index is 5.43. The van der Waals surface area contributed by atoms with E-state index in [1.165, 1.54) is 6.08 Å². The molecule has 0 aliphatic carbocycles. The minimum atomic E-state index is 0.515. The van der Waals surface area contributed by atoms with E-state index in [2.05, 4.69) is 6.58 Å². The molecular weight excluding hydrogens is 131 g/mol. The Hall–Kier alpha value is 0.0600. The molecule has 7 heavy (non-hydrogen) atoms. The molecule has 0 radical (unpaired) electrons. The lowest BCUT2D eigenvalue weighted by molar-refractivity contribution is 1.64. The fraction of sp³-hybridized carbons (Fsp3) is 0.200. The molecular formula is C5H6Cl2. The molecule has 0 spiro atoms. The van der Waals surface area contributed by atoms with Crippen molar-refractivity contribution in [3.8, 4) is 0 Å². The van der Waals surface area contributed by atoms with Gasteiger partial charge in [-0.05, 0) is 13.0 Å². The van der Waals surface area contributed by atoms with Gasteiger partial charge in [0.25, 0.3) is 0 Å². The maximum Gasteiger partial charge on any atom is 0.0542 e. The van der Waals surface area contributed by atoms with E-state index in [0.717, 1.165) is 0 Å². The normalized spacial score (nSPS) is 13.0. The molecule has 0 aliphatic heterocycles. The highest BCUT2D eigenvalue weighted by molar-refractivity contribution is 6.39. The highest BCUT2D eigenvalue weighted by Gasteiger charge is 1.85. The van der Waals surface area contributed by atoms with Crippen LogP contribution in [-0.4, -0.2) is 0 Å². The van der Waals surface area contributed by atoms with E-state index < -0.39 is 0 Å². The second-order valence-corrected chi connectivity index (χ2v) is 2.06. The number of halogens is 2. The molecule has 0 saturated carbocycles. The van der Waals surface area contributed by atoms with E-state index >= 15 is 0 Å². The van der Waals surface area contributed by atoms with Crippen LogP contribution in [0, 0.1) is 0 Å². The summed E-state index contributed by atoms with van der Waals surface area (Å²) in [4.78, 5) is 0. The minimum Gasteiger partial charge on any atom is -0.0975 e. The maximum absolute atomic E-state index is 5.43. The zero-order valence-electron chi connectivity index (χ0n) is 4.04. The molecule has 0 N–H and O–H groups in total. The number of hydrogen-bond donors (Lipinski definition) is 0. The van der Waals surface area contributed by atoms with Gasteiger partial charge in [-0.25, -0.2) is 0 Å². The molecule has 0 fully saturated rings. The van der Waals surface area contributed by atoms with Gasteiger partial charge in [-0.2, -0.15) is 0 Å². The van der Waals surface area contributed by atoms with Crippen molar-refractivity contribution >= 4 is 23.2 Å². The van der Waals surface area contributed by atoms with E-state index in [9.17, 15) is 0 Å². The van der Waals surface area contributed by atoms with E-state index in [1.807, 2.05) is 0 Å². The van der Waals surface area contributed by atoms with Crippen LogP contribution in [0.4, 0.5) is 0 Å². The highest BCUT2D eigenvalue weighted by Crippen LogP contribution is 2.12. The molecule has 0 aromatic rings. The standard InChI is InChI=1S/C5H6Cl2/c1-3-5(7)4(2)6/h3H,1H2,2H3. The fourth-order valence-electron chi connectivity index (χ4n) is 0.141. The Kier molecular flexibility index (Phi) is 3.14. The number of rotatable bonds is 1. The van der Waals surface area contributed by atoms with Gasteiger partial charge in [-0.15, -0.1) is 0 Å². The van der Waals surface area contributed by atoms with Crippen LogP contribution in [-0.2, 0) is 0 Å². The van der Waals surface area contributed by atoms with Gasteiger partial charge in [-0.3, -0.25) is 0 Å². The highest BCUT2D eigenvalue weighted by atomic mass is 35.5. The van der Waals surface area contributed by atoms with Crippen LogP contribution in [0.25, 0.3) is 0 Å². The molecule has 0 rings (SSSR count). The lowest BCUT2D eigenvalue weighted by Crippen LogP contribution is -1.61. The van der Waals surface area contributed by atoms with Gasteiger partial charge in [0.05, 0.1) is 5.03 Å². The predicted octanol–water partition coefficient (Wildman–Crippen LogP) is 2.88. The predicted molar refractivity (Wildman–Crippen MR) is 34.6 cm³/mol. The van der Waals surface area contributed by atoms with Crippen LogP contribution < -0.4 is 0 Å². The first-order valence-corrected chi connectivity index (χ1v) is 2.58. The molecule has 0 aromatic carbocycles. The largest absolute Gasteiger partial charge is 0.0975 e. The van der Waals surface area contributed by atoms with Crippen molar-refractivity contribution in [3.63, 3.8) is 0 Å². The van der Waals surface area contributed by atoms with Crippen LogP contribution in [0.3, 0.4) is 0 Å². The first kappa shape index (κ1) is 7.06. The van der Waals surface area contributed by atoms with E-state index in [-0.39, 0.29) is 0 Å². The monoisotopic (exact) mass is 136 g/mol. The molecule has 0 heterocycles. The number of allylic oxidation sites excluding steroid dienone is 3. The van der Waals surface area contributed by atoms with Crippen molar-refractivity contribution in [2.45, 2.75) is 6.92 Å². The summed E-state index contributed by atoms with van der Waals surface area (Å²) in [6.45, 7) is 5.12. The average Bonchev–Trinajstić information content (AvgIpc) is 1.65. The van der Waals surface area contributed by atoms with E-state index in [0.29, 0.717) is 10.1 Å². The van der Waals surface area contributed by atoms with Crippen LogP contribution in [0.5, 0.6) is 0 Å². The summed E-state index contributed by atoms with van der Waals surface area (Å²) in [5, 5.41) is 1.10. The topological polar surface area (TPSA) is 0 Å². The molecule has 0 saturated heterocycles. The van der Waals surface area contributed by atoms with Gasteiger partial charge in [0.2, 0.25) is 0 Å². The zero-order valence-corrected chi connectivity index (χ0v) is 5.55. The molecule has 0 amide bonds. The third-order valence-corrected chi connectivity index (χ3v) is 1.25. The van der Waals surface area contributed by atoms with Gasteiger partial charge < -0.3 is 0 Å². The molecule has 0 atom stereocenters. The van der Waals surface area contributed by atoms with Crippen molar-refractivity contribution in [2.75, 3.05) is 0 Å². The zero-order chi connectivity index (χ0) is 5.86. The first-order valence-electron chi connectivity index (χ1n) is 1.82. The smallest absolute Gasteiger partial charge is 0.0542 e. The van der Waals surface area contributed by atoms with Crippen LogP contribution in [0.2, 0.25) is 0 Å². The second-order valence-electron chi connectivity index (χ2n) is 1.09. The van der Waals surface area contributed by atoms with Crippen molar-refractivity contribution in [2.24, 2.45) is 0 Å². The molecule has 0 nitrogen and oxygen atoms in total. The van der Waals surface area contributed by atoms with Crippen molar-refractivity contribution < 1.29 is 0 Å². The number of hydrogen-bond acceptors (Lipinski definition) is 0. The Morgan fingerprint density at radius 1 is 1.57 bits per heavy atom. The molecule has 40 valence electrons. The minimum absolute atomic E-state index is 0.515. The van der Waals surface area contributed by atoms with Crippen molar-refractivity contribution in [3.05, 3.63) is 22.7 Å². The van der Waals surface area contributed by atoms with Crippen molar-refractivity contribution in [1.82, 2.24) is 0 Å². The van der Waals surface area contributed by atoms with Gasteiger partial charge in [-0.1, -0.05) is 29.8 Å². The molecule has 0 aliphatic rings. The lowest BCUT2D eigenvalue weighted by atomic mass is 10.5. The summed E-state index contributed by atoms with van der Waals surface area (Å²) in [5.74, 6) is 0. The van der Waals surface area contributed by atoms with Gasteiger partial charge in [0.1, 0.15) is 0 Å². The van der Waals surface area contributed by atoms with Crippen LogP contribution in [0.15, 0.2) is 22.7 Å². The first-order chi connectivity index (χ1) is 3.18. The third-order valence-electron chi connectivity index (χ3n) is 0.508. The Morgan fingerprint density at radius 3 is 2.00 bits per heavy atom. The summed E-state index contributed by atoms with van der Waals surface area (Å²) >= 11 is 10.8. The summed E-state index contributed by atoms with van der Waals surface area (Å²) in [7, 11) is 0. The Bertz CT molecular complexity index is 98.6. The Morgan fingerprint density at radius 2 is 2.00 bits per heavy atom. The fourth-order valence-corrected chi connectivity index (χ4v) is 0.218. The summed E-state index contributed by atoms with van der Waals surface area (Å²) in [5.41, 5.74) is 0. The van der Waals surface area contributed by atoms with E-state index in [1.54, 1.807) is 6.92 Å². The van der Waals surface area contributed by atoms with Crippen LogP contribution >= 0.6 is 23.2 Å². The summed E-state index contributed by atoms with van der Waals surface area (Å²) in [6, 6.07) is 0. The molecule has 0 aromatic heterocycles. The average molecular weight is 137 g/mol. The summed E-state index contributed by atoms with van der Waals surface area (Å²) < 4.78 is 0. The van der Waals surface area contributed by atoms with Gasteiger partial charge in [0, 0.05) is 5.03 Å². The molecule has 0 unspecified atom stereocenters. The quantitative estimate of drug-likeness (QED) is 0.487. The van der Waals surface area contributed by atoms with E-state index in [4.69, 9.17) is 23.2 Å². The van der Waals surface area contributed by atoms with Gasteiger partial charge >= 0.3 is 0 Å².